The third kappa shape index (κ3) is 2.55. The highest BCUT2D eigenvalue weighted by atomic mass is 35.5. The van der Waals surface area contributed by atoms with E-state index in [1.165, 1.54) is 18.1 Å². The van der Waals surface area contributed by atoms with Crippen molar-refractivity contribution in [1.82, 2.24) is 4.90 Å². The van der Waals surface area contributed by atoms with E-state index >= 15 is 0 Å². The zero-order valence-corrected chi connectivity index (χ0v) is 12.4. The minimum absolute atomic E-state index is 0.162. The van der Waals surface area contributed by atoms with Crippen LogP contribution in [0.2, 0.25) is 10.0 Å². The van der Waals surface area contributed by atoms with Gasteiger partial charge in [-0.15, -0.1) is 0 Å². The lowest BCUT2D eigenvalue weighted by atomic mass is 10.1. The molecule has 1 heterocycles. The van der Waals surface area contributed by atoms with Crippen molar-refractivity contribution in [3.05, 3.63) is 27.7 Å². The summed E-state index contributed by atoms with van der Waals surface area (Å²) in [6.45, 7) is 0.457. The van der Waals surface area contributed by atoms with Crippen molar-refractivity contribution in [3.8, 4) is 5.75 Å². The van der Waals surface area contributed by atoms with Gasteiger partial charge in [0.15, 0.2) is 5.75 Å². The molecule has 0 unspecified atom stereocenters. The Kier molecular flexibility index (Phi) is 4.40. The fourth-order valence-electron chi connectivity index (χ4n) is 2.38. The van der Waals surface area contributed by atoms with E-state index in [1.807, 2.05) is 0 Å². The molecule has 1 saturated heterocycles. The number of methoxy groups -OCH3 is 1. The number of halogens is 2. The molecule has 0 saturated carbocycles. The van der Waals surface area contributed by atoms with Gasteiger partial charge in [0.2, 0.25) is 5.91 Å². The molecule has 2 amide bonds. The highest BCUT2D eigenvalue weighted by molar-refractivity contribution is 6.37. The zero-order chi connectivity index (χ0) is 14.9. The Morgan fingerprint density at radius 2 is 2.00 bits per heavy atom. The van der Waals surface area contributed by atoms with Crippen molar-refractivity contribution >= 4 is 35.0 Å². The number of likely N-dealkylation sites (tertiary alicyclic amines) is 1. The van der Waals surface area contributed by atoms with E-state index in [2.05, 4.69) is 0 Å². The molecule has 1 aromatic carbocycles. The monoisotopic (exact) mass is 316 g/mol. The molecule has 20 heavy (non-hydrogen) atoms. The summed E-state index contributed by atoms with van der Waals surface area (Å²) >= 11 is 12.1. The van der Waals surface area contributed by atoms with Crippen LogP contribution < -0.4 is 10.5 Å². The maximum atomic E-state index is 12.6. The second-order valence-corrected chi connectivity index (χ2v) is 5.31. The van der Waals surface area contributed by atoms with Crippen LogP contribution in [0, 0.1) is 0 Å². The van der Waals surface area contributed by atoms with Crippen LogP contribution in [0.4, 0.5) is 0 Å². The number of carbonyl (C=O) groups is 2. The van der Waals surface area contributed by atoms with Crippen LogP contribution in [0.25, 0.3) is 0 Å². The van der Waals surface area contributed by atoms with Gasteiger partial charge in [0.25, 0.3) is 5.91 Å². The molecule has 0 bridgehead atoms. The lowest BCUT2D eigenvalue weighted by molar-refractivity contribution is -0.121. The van der Waals surface area contributed by atoms with Gasteiger partial charge in [-0.05, 0) is 25.0 Å². The van der Waals surface area contributed by atoms with E-state index in [0.29, 0.717) is 13.0 Å². The topological polar surface area (TPSA) is 72.6 Å². The number of benzene rings is 1. The number of hydrogen-bond acceptors (Lipinski definition) is 3. The number of nitrogens with two attached hydrogens (primary N) is 1. The SMILES string of the molecule is COc1c(Cl)ccc(Cl)c1C(=O)N1CCC[C@H]1C(N)=O. The molecular weight excluding hydrogens is 303 g/mol. The van der Waals surface area contributed by atoms with Gasteiger partial charge in [-0.3, -0.25) is 9.59 Å². The molecule has 2 rings (SSSR count). The summed E-state index contributed by atoms with van der Waals surface area (Å²) in [7, 11) is 1.41. The first-order chi connectivity index (χ1) is 9.47. The molecule has 1 atom stereocenters. The Hall–Kier alpha value is -1.46. The first-order valence-corrected chi connectivity index (χ1v) is 6.85. The van der Waals surface area contributed by atoms with Gasteiger partial charge < -0.3 is 15.4 Å². The predicted molar refractivity (Wildman–Crippen MR) is 76.3 cm³/mol. The van der Waals surface area contributed by atoms with Crippen LogP contribution in [0.3, 0.4) is 0 Å². The highest BCUT2D eigenvalue weighted by Crippen LogP contribution is 2.35. The summed E-state index contributed by atoms with van der Waals surface area (Å²) in [5, 5.41) is 0.515. The van der Waals surface area contributed by atoms with Gasteiger partial charge in [-0.2, -0.15) is 0 Å². The molecule has 0 aromatic heterocycles. The molecule has 0 spiro atoms. The molecule has 1 aromatic rings. The summed E-state index contributed by atoms with van der Waals surface area (Å²) in [5.74, 6) is -0.706. The Bertz CT molecular complexity index is 563. The second kappa shape index (κ2) is 5.89. The minimum Gasteiger partial charge on any atom is -0.494 e. The van der Waals surface area contributed by atoms with Gasteiger partial charge >= 0.3 is 0 Å². The number of hydrogen-bond donors (Lipinski definition) is 1. The quantitative estimate of drug-likeness (QED) is 0.928. The Labute approximate surface area is 126 Å². The Morgan fingerprint density at radius 3 is 2.60 bits per heavy atom. The third-order valence-corrected chi connectivity index (χ3v) is 3.93. The lowest BCUT2D eigenvalue weighted by Gasteiger charge is -2.23. The Morgan fingerprint density at radius 1 is 1.35 bits per heavy atom. The number of primary amides is 1. The number of ether oxygens (including phenoxy) is 1. The van der Waals surface area contributed by atoms with Gasteiger partial charge in [-0.1, -0.05) is 23.2 Å². The maximum absolute atomic E-state index is 12.6. The van der Waals surface area contributed by atoms with Crippen molar-refractivity contribution < 1.29 is 14.3 Å². The average molecular weight is 317 g/mol. The number of nitrogens with zero attached hydrogens (tertiary/aromatic N) is 1. The van der Waals surface area contributed by atoms with Crippen LogP contribution in [0.15, 0.2) is 12.1 Å². The molecule has 7 heteroatoms. The van der Waals surface area contributed by atoms with Gasteiger partial charge in [-0.25, -0.2) is 0 Å². The van der Waals surface area contributed by atoms with Crippen molar-refractivity contribution in [2.75, 3.05) is 13.7 Å². The van der Waals surface area contributed by atoms with Gasteiger partial charge in [0, 0.05) is 6.54 Å². The predicted octanol–water partition coefficient (Wildman–Crippen LogP) is 2.09. The van der Waals surface area contributed by atoms with Gasteiger partial charge in [0.1, 0.15) is 11.6 Å². The molecule has 0 radical (unpaired) electrons. The highest BCUT2D eigenvalue weighted by Gasteiger charge is 2.35. The summed E-state index contributed by atoms with van der Waals surface area (Å²) in [6.07, 6.45) is 1.28. The molecule has 2 N–H and O–H groups in total. The summed E-state index contributed by atoms with van der Waals surface area (Å²) in [4.78, 5) is 25.4. The molecule has 1 fully saturated rings. The van der Waals surface area contributed by atoms with E-state index in [0.717, 1.165) is 6.42 Å². The summed E-state index contributed by atoms with van der Waals surface area (Å²) in [6, 6.07) is 2.46. The largest absolute Gasteiger partial charge is 0.494 e. The minimum atomic E-state index is -0.609. The van der Waals surface area contributed by atoms with Gasteiger partial charge in [0.05, 0.1) is 17.2 Å². The standard InChI is InChI=1S/C13H14Cl2N2O3/c1-20-11-8(15)5-4-7(14)10(11)13(19)17-6-2-3-9(17)12(16)18/h4-5,9H,2-3,6H2,1H3,(H2,16,18)/t9-/m0/s1. The van der Waals surface area contributed by atoms with Crippen molar-refractivity contribution in [3.63, 3.8) is 0 Å². The normalized spacial score (nSPS) is 18.1. The molecule has 5 nitrogen and oxygen atoms in total. The van der Waals surface area contributed by atoms with E-state index in [4.69, 9.17) is 33.7 Å². The second-order valence-electron chi connectivity index (χ2n) is 4.50. The first kappa shape index (κ1) is 14.9. The molecule has 0 aliphatic carbocycles. The average Bonchev–Trinajstić information content (AvgIpc) is 2.89. The van der Waals surface area contributed by atoms with Crippen molar-refractivity contribution in [2.45, 2.75) is 18.9 Å². The number of carbonyl (C=O) groups excluding carboxylic acids is 2. The van der Waals surface area contributed by atoms with E-state index in [-0.39, 0.29) is 21.4 Å². The maximum Gasteiger partial charge on any atom is 0.259 e. The van der Waals surface area contributed by atoms with Crippen molar-refractivity contribution in [1.29, 1.82) is 0 Å². The molecule has 1 aliphatic heterocycles. The van der Waals surface area contributed by atoms with Crippen LogP contribution in [0.5, 0.6) is 5.75 Å². The summed E-state index contributed by atoms with van der Waals surface area (Å²) < 4.78 is 5.15. The first-order valence-electron chi connectivity index (χ1n) is 6.09. The van der Waals surface area contributed by atoms with E-state index in [1.54, 1.807) is 6.07 Å². The molecular formula is C13H14Cl2N2O3. The fourth-order valence-corrected chi connectivity index (χ4v) is 2.85. The third-order valence-electron chi connectivity index (χ3n) is 3.32. The summed E-state index contributed by atoms with van der Waals surface area (Å²) in [5.41, 5.74) is 5.48. The fraction of sp³-hybridized carbons (Fsp3) is 0.385. The number of rotatable bonds is 3. The smallest absolute Gasteiger partial charge is 0.259 e. The van der Waals surface area contributed by atoms with Crippen LogP contribution >= 0.6 is 23.2 Å². The van der Waals surface area contributed by atoms with E-state index in [9.17, 15) is 9.59 Å². The zero-order valence-electron chi connectivity index (χ0n) is 10.9. The molecule has 108 valence electrons. The van der Waals surface area contributed by atoms with Crippen LogP contribution in [0.1, 0.15) is 23.2 Å². The van der Waals surface area contributed by atoms with Crippen LogP contribution in [-0.2, 0) is 4.79 Å². The number of amides is 2. The van der Waals surface area contributed by atoms with E-state index < -0.39 is 17.9 Å². The molecule has 1 aliphatic rings. The van der Waals surface area contributed by atoms with Crippen LogP contribution in [-0.4, -0.2) is 36.4 Å². The Balaban J connectivity index is 2.43. The lowest BCUT2D eigenvalue weighted by Crippen LogP contribution is -2.43. The van der Waals surface area contributed by atoms with Crippen molar-refractivity contribution in [2.24, 2.45) is 5.73 Å².